The summed E-state index contributed by atoms with van der Waals surface area (Å²) >= 11 is 0. The molecule has 1 aromatic rings. The summed E-state index contributed by atoms with van der Waals surface area (Å²) in [5.74, 6) is 1.28. The van der Waals surface area contributed by atoms with E-state index in [1.807, 2.05) is 6.07 Å². The Hall–Kier alpha value is -1.56. The van der Waals surface area contributed by atoms with E-state index in [0.717, 1.165) is 30.5 Å². The number of nitriles is 1. The molecule has 0 saturated heterocycles. The van der Waals surface area contributed by atoms with Gasteiger partial charge in [-0.1, -0.05) is 26.2 Å². The van der Waals surface area contributed by atoms with E-state index in [1.54, 1.807) is 6.07 Å². The van der Waals surface area contributed by atoms with Gasteiger partial charge >= 0.3 is 0 Å². The average Bonchev–Trinajstić information content (AvgIpc) is 2.40. The Morgan fingerprint density at radius 3 is 3.00 bits per heavy atom. The highest BCUT2D eigenvalue weighted by atomic mass is 19.1. The number of hydrogen-bond donors (Lipinski definition) is 1. The van der Waals surface area contributed by atoms with Crippen LogP contribution in [0.4, 0.5) is 10.1 Å². The fourth-order valence-electron chi connectivity index (χ4n) is 3.00. The van der Waals surface area contributed by atoms with Gasteiger partial charge in [-0.25, -0.2) is 4.39 Å². The van der Waals surface area contributed by atoms with Crippen molar-refractivity contribution in [2.45, 2.75) is 39.0 Å². The number of anilines is 1. The van der Waals surface area contributed by atoms with Gasteiger partial charge in [0.2, 0.25) is 0 Å². The molecular formula is C16H21FN2. The fraction of sp³-hybridized carbons (Fsp3) is 0.562. The number of hydrogen-bond acceptors (Lipinski definition) is 2. The number of nitrogens with zero attached hydrogens (tertiary/aromatic N) is 1. The van der Waals surface area contributed by atoms with Crippen LogP contribution in [-0.2, 0) is 0 Å². The van der Waals surface area contributed by atoms with Crippen LogP contribution in [0.15, 0.2) is 18.2 Å². The zero-order valence-corrected chi connectivity index (χ0v) is 11.5. The zero-order valence-electron chi connectivity index (χ0n) is 11.5. The summed E-state index contributed by atoms with van der Waals surface area (Å²) in [5.41, 5.74) is 1.13. The van der Waals surface area contributed by atoms with Crippen LogP contribution in [0.5, 0.6) is 0 Å². The van der Waals surface area contributed by atoms with Crippen molar-refractivity contribution in [3.05, 3.63) is 29.6 Å². The van der Waals surface area contributed by atoms with Gasteiger partial charge in [-0.05, 0) is 42.9 Å². The molecule has 0 amide bonds. The lowest BCUT2D eigenvalue weighted by atomic mass is 9.81. The molecular weight excluding hydrogens is 239 g/mol. The molecule has 2 atom stereocenters. The summed E-state index contributed by atoms with van der Waals surface area (Å²) in [6.45, 7) is 3.19. The first kappa shape index (κ1) is 13.9. The molecule has 1 aromatic carbocycles. The molecule has 1 N–H and O–H groups in total. The number of rotatable bonds is 4. The number of halogens is 1. The second kappa shape index (κ2) is 6.56. The maximum atomic E-state index is 13.0. The first-order valence-electron chi connectivity index (χ1n) is 7.12. The third-order valence-corrected chi connectivity index (χ3v) is 4.02. The molecule has 1 aliphatic rings. The number of nitrogens with one attached hydrogen (secondary N) is 1. The Kier molecular flexibility index (Phi) is 4.79. The van der Waals surface area contributed by atoms with E-state index in [2.05, 4.69) is 12.2 Å². The van der Waals surface area contributed by atoms with Crippen molar-refractivity contribution in [3.8, 4) is 6.07 Å². The van der Waals surface area contributed by atoms with Gasteiger partial charge in [0.05, 0.1) is 11.3 Å². The maximum absolute atomic E-state index is 13.0. The van der Waals surface area contributed by atoms with Gasteiger partial charge in [0.15, 0.2) is 0 Å². The highest BCUT2D eigenvalue weighted by Crippen LogP contribution is 2.30. The van der Waals surface area contributed by atoms with Crippen molar-refractivity contribution < 1.29 is 4.39 Å². The molecule has 1 aliphatic carbocycles. The molecule has 0 spiro atoms. The lowest BCUT2D eigenvalue weighted by Gasteiger charge is -2.26. The monoisotopic (exact) mass is 260 g/mol. The van der Waals surface area contributed by atoms with Gasteiger partial charge in [-0.3, -0.25) is 0 Å². The van der Waals surface area contributed by atoms with E-state index in [4.69, 9.17) is 5.26 Å². The van der Waals surface area contributed by atoms with Gasteiger partial charge in [0.1, 0.15) is 11.9 Å². The quantitative estimate of drug-likeness (QED) is 0.874. The first-order chi connectivity index (χ1) is 9.19. The molecule has 2 rings (SSSR count). The van der Waals surface area contributed by atoms with Crippen LogP contribution in [0, 0.1) is 29.0 Å². The molecule has 0 bridgehead atoms. The second-order valence-electron chi connectivity index (χ2n) is 5.65. The predicted octanol–water partition coefficient (Wildman–Crippen LogP) is 4.33. The molecule has 19 heavy (non-hydrogen) atoms. The minimum atomic E-state index is -0.358. The van der Waals surface area contributed by atoms with Gasteiger partial charge in [0, 0.05) is 6.54 Å². The topological polar surface area (TPSA) is 35.8 Å². The van der Waals surface area contributed by atoms with Crippen molar-refractivity contribution in [1.29, 1.82) is 5.26 Å². The van der Waals surface area contributed by atoms with Gasteiger partial charge in [0.25, 0.3) is 0 Å². The van der Waals surface area contributed by atoms with Crippen molar-refractivity contribution in [2.75, 3.05) is 11.9 Å². The van der Waals surface area contributed by atoms with E-state index >= 15 is 0 Å². The van der Waals surface area contributed by atoms with Gasteiger partial charge in [-0.15, -0.1) is 0 Å². The normalized spacial score (nSPS) is 22.8. The van der Waals surface area contributed by atoms with Crippen LogP contribution in [0.25, 0.3) is 0 Å². The Labute approximate surface area is 114 Å². The van der Waals surface area contributed by atoms with E-state index in [9.17, 15) is 4.39 Å². The summed E-state index contributed by atoms with van der Waals surface area (Å²) in [4.78, 5) is 0. The summed E-state index contributed by atoms with van der Waals surface area (Å²) in [6, 6.07) is 6.36. The molecule has 0 aliphatic heterocycles. The lowest BCUT2D eigenvalue weighted by Crippen LogP contribution is -2.16. The van der Waals surface area contributed by atoms with E-state index < -0.39 is 0 Å². The summed E-state index contributed by atoms with van der Waals surface area (Å²) < 4.78 is 13.0. The Balaban J connectivity index is 1.84. The molecule has 3 heteroatoms. The summed E-state index contributed by atoms with van der Waals surface area (Å²) in [6.07, 6.45) is 6.47. The fourth-order valence-corrected chi connectivity index (χ4v) is 3.00. The molecule has 1 saturated carbocycles. The molecule has 0 heterocycles. The van der Waals surface area contributed by atoms with Gasteiger partial charge < -0.3 is 5.32 Å². The van der Waals surface area contributed by atoms with Crippen LogP contribution in [-0.4, -0.2) is 6.54 Å². The average molecular weight is 260 g/mol. The second-order valence-corrected chi connectivity index (χ2v) is 5.65. The first-order valence-corrected chi connectivity index (χ1v) is 7.12. The zero-order chi connectivity index (χ0) is 13.7. The largest absolute Gasteiger partial charge is 0.384 e. The molecule has 2 unspecified atom stereocenters. The van der Waals surface area contributed by atoms with Crippen LogP contribution >= 0.6 is 0 Å². The molecule has 2 nitrogen and oxygen atoms in total. The van der Waals surface area contributed by atoms with E-state index in [1.165, 1.54) is 37.8 Å². The van der Waals surface area contributed by atoms with E-state index in [0.29, 0.717) is 5.56 Å². The molecule has 0 radical (unpaired) electrons. The van der Waals surface area contributed by atoms with Crippen LogP contribution in [0.3, 0.4) is 0 Å². The highest BCUT2D eigenvalue weighted by Gasteiger charge is 2.18. The van der Waals surface area contributed by atoms with Crippen molar-refractivity contribution in [2.24, 2.45) is 11.8 Å². The minimum Gasteiger partial charge on any atom is -0.384 e. The van der Waals surface area contributed by atoms with Crippen molar-refractivity contribution in [3.63, 3.8) is 0 Å². The minimum absolute atomic E-state index is 0.358. The Bertz CT molecular complexity index is 464. The Morgan fingerprint density at radius 1 is 1.42 bits per heavy atom. The van der Waals surface area contributed by atoms with Crippen molar-refractivity contribution >= 4 is 5.69 Å². The maximum Gasteiger partial charge on any atom is 0.124 e. The smallest absolute Gasteiger partial charge is 0.124 e. The van der Waals surface area contributed by atoms with Crippen LogP contribution in [0.2, 0.25) is 0 Å². The standard InChI is InChI=1S/C16H21FN2/c1-12-3-2-4-13(9-12)7-8-19-16-6-5-15(17)10-14(16)11-18/h5-6,10,12-13,19H,2-4,7-9H2,1H3. The summed E-state index contributed by atoms with van der Waals surface area (Å²) in [5, 5.41) is 12.2. The molecule has 102 valence electrons. The number of benzene rings is 1. The predicted molar refractivity (Wildman–Crippen MR) is 75.3 cm³/mol. The Morgan fingerprint density at radius 2 is 2.26 bits per heavy atom. The van der Waals surface area contributed by atoms with E-state index in [-0.39, 0.29) is 5.82 Å². The molecule has 1 fully saturated rings. The van der Waals surface area contributed by atoms with Gasteiger partial charge in [-0.2, -0.15) is 5.26 Å². The molecule has 0 aromatic heterocycles. The SMILES string of the molecule is CC1CCCC(CCNc2ccc(F)cc2C#N)C1. The lowest BCUT2D eigenvalue weighted by molar-refractivity contribution is 0.274. The van der Waals surface area contributed by atoms with Crippen LogP contribution < -0.4 is 5.32 Å². The highest BCUT2D eigenvalue weighted by molar-refractivity contribution is 5.57. The third-order valence-electron chi connectivity index (χ3n) is 4.02. The summed E-state index contributed by atoms with van der Waals surface area (Å²) in [7, 11) is 0. The third kappa shape index (κ3) is 3.96. The van der Waals surface area contributed by atoms with Crippen LogP contribution in [0.1, 0.15) is 44.6 Å². The van der Waals surface area contributed by atoms with Crippen molar-refractivity contribution in [1.82, 2.24) is 0 Å².